The summed E-state index contributed by atoms with van der Waals surface area (Å²) in [6.45, 7) is 8.38. The molecule has 1 rings (SSSR count). The van der Waals surface area contributed by atoms with Crippen molar-refractivity contribution in [3.63, 3.8) is 0 Å². The maximum Gasteiger partial charge on any atom is 0.223 e. The van der Waals surface area contributed by atoms with Gasteiger partial charge in [0.05, 0.1) is 0 Å². The van der Waals surface area contributed by atoms with E-state index in [0.717, 1.165) is 5.56 Å². The van der Waals surface area contributed by atoms with Crippen LogP contribution in [-0.4, -0.2) is 14.7 Å². The smallest absolute Gasteiger partial charge is 0.223 e. The Bertz CT molecular complexity index is 463. The van der Waals surface area contributed by atoms with Crippen LogP contribution in [0.2, 0.25) is 0 Å². The van der Waals surface area contributed by atoms with E-state index in [1.807, 2.05) is 27.7 Å². The second-order valence-corrected chi connectivity index (χ2v) is 6.62. The van der Waals surface area contributed by atoms with Gasteiger partial charge < -0.3 is 9.87 Å². The summed E-state index contributed by atoms with van der Waals surface area (Å²) in [6, 6.07) is 6.45. The number of carbonyl (C=O) groups excluding carboxylic acids is 1. The standard InChI is InChI=1S/C14H21NO3S/c1-10(14(2,3)4)13(16)15-9-11-5-7-12(8-6-11)19(17)18/h5-8,10H,9H2,1-4H3,(H,15,16)(H,17,18)/p-1. The second kappa shape index (κ2) is 6.30. The van der Waals surface area contributed by atoms with E-state index in [-0.39, 0.29) is 22.1 Å². The Labute approximate surface area is 116 Å². The molecule has 1 N–H and O–H groups in total. The molecule has 0 aliphatic rings. The highest BCUT2D eigenvalue weighted by Crippen LogP contribution is 2.25. The molecule has 0 aromatic heterocycles. The Hall–Kier alpha value is -1.20. The summed E-state index contributed by atoms with van der Waals surface area (Å²) in [7, 11) is 0. The SMILES string of the molecule is CC(C(=O)NCc1ccc(S(=O)[O-])cc1)C(C)(C)C. The monoisotopic (exact) mass is 282 g/mol. The molecule has 2 unspecified atom stereocenters. The van der Waals surface area contributed by atoms with Crippen LogP contribution in [-0.2, 0) is 22.4 Å². The van der Waals surface area contributed by atoms with Gasteiger partial charge in [0.1, 0.15) is 0 Å². The Kier molecular flexibility index (Phi) is 5.26. The lowest BCUT2D eigenvalue weighted by Gasteiger charge is -2.26. The summed E-state index contributed by atoms with van der Waals surface area (Å²) in [5.74, 6) is -0.0788. The molecule has 0 aliphatic carbocycles. The molecule has 0 saturated carbocycles. The third kappa shape index (κ3) is 4.76. The van der Waals surface area contributed by atoms with Crippen molar-refractivity contribution in [1.29, 1.82) is 0 Å². The van der Waals surface area contributed by atoms with Gasteiger partial charge in [-0.3, -0.25) is 9.00 Å². The summed E-state index contributed by atoms with van der Waals surface area (Å²) in [5.41, 5.74) is 0.802. The molecular weight excluding hydrogens is 262 g/mol. The minimum Gasteiger partial charge on any atom is -0.768 e. The maximum absolute atomic E-state index is 11.9. The highest BCUT2D eigenvalue weighted by Gasteiger charge is 2.26. The van der Waals surface area contributed by atoms with E-state index in [9.17, 15) is 13.6 Å². The lowest BCUT2D eigenvalue weighted by molar-refractivity contribution is -0.127. The zero-order valence-electron chi connectivity index (χ0n) is 11.7. The molecule has 19 heavy (non-hydrogen) atoms. The Morgan fingerprint density at radius 3 is 2.26 bits per heavy atom. The molecule has 0 radical (unpaired) electrons. The first-order valence-electron chi connectivity index (χ1n) is 6.17. The number of hydrogen-bond donors (Lipinski definition) is 1. The largest absolute Gasteiger partial charge is 0.768 e. The van der Waals surface area contributed by atoms with Gasteiger partial charge in [0.15, 0.2) is 0 Å². The van der Waals surface area contributed by atoms with Gasteiger partial charge in [0, 0.05) is 17.4 Å². The molecule has 5 heteroatoms. The number of amides is 1. The molecule has 4 nitrogen and oxygen atoms in total. The molecule has 0 fully saturated rings. The van der Waals surface area contributed by atoms with Crippen LogP contribution in [0.1, 0.15) is 33.3 Å². The fraction of sp³-hybridized carbons (Fsp3) is 0.500. The fourth-order valence-electron chi connectivity index (χ4n) is 1.45. The van der Waals surface area contributed by atoms with Crippen molar-refractivity contribution in [1.82, 2.24) is 5.32 Å². The Balaban J connectivity index is 2.58. The van der Waals surface area contributed by atoms with E-state index in [4.69, 9.17) is 0 Å². The van der Waals surface area contributed by atoms with Crippen LogP contribution in [0.15, 0.2) is 29.2 Å². The number of benzene rings is 1. The molecule has 2 atom stereocenters. The molecular formula is C14H20NO3S-. The molecule has 0 heterocycles. The van der Waals surface area contributed by atoms with Gasteiger partial charge in [-0.05, 0) is 34.2 Å². The van der Waals surface area contributed by atoms with E-state index >= 15 is 0 Å². The quantitative estimate of drug-likeness (QED) is 0.861. The molecule has 1 amide bonds. The van der Waals surface area contributed by atoms with E-state index in [1.165, 1.54) is 12.1 Å². The van der Waals surface area contributed by atoms with Gasteiger partial charge in [0.25, 0.3) is 0 Å². The van der Waals surface area contributed by atoms with Crippen LogP contribution < -0.4 is 5.32 Å². The van der Waals surface area contributed by atoms with Crippen molar-refractivity contribution in [2.24, 2.45) is 11.3 Å². The first-order chi connectivity index (χ1) is 8.71. The van der Waals surface area contributed by atoms with E-state index in [1.54, 1.807) is 12.1 Å². The highest BCUT2D eigenvalue weighted by atomic mass is 32.2. The highest BCUT2D eigenvalue weighted by molar-refractivity contribution is 7.79. The lowest BCUT2D eigenvalue weighted by Crippen LogP contribution is -2.35. The third-order valence-corrected chi connectivity index (χ3v) is 3.93. The average Bonchev–Trinajstić information content (AvgIpc) is 2.34. The van der Waals surface area contributed by atoms with Crippen LogP contribution in [0.5, 0.6) is 0 Å². The zero-order valence-corrected chi connectivity index (χ0v) is 12.5. The molecule has 106 valence electrons. The Morgan fingerprint density at radius 2 is 1.84 bits per heavy atom. The second-order valence-electron chi connectivity index (χ2n) is 5.68. The molecule has 0 spiro atoms. The van der Waals surface area contributed by atoms with Crippen molar-refractivity contribution >= 4 is 17.0 Å². The van der Waals surface area contributed by atoms with Crippen molar-refractivity contribution < 1.29 is 13.6 Å². The van der Waals surface area contributed by atoms with E-state index in [0.29, 0.717) is 6.54 Å². The van der Waals surface area contributed by atoms with Gasteiger partial charge in [0.2, 0.25) is 5.91 Å². The number of rotatable bonds is 4. The van der Waals surface area contributed by atoms with Crippen molar-refractivity contribution in [2.75, 3.05) is 0 Å². The normalized spacial score (nSPS) is 14.8. The zero-order chi connectivity index (χ0) is 14.6. The fourth-order valence-corrected chi connectivity index (χ4v) is 1.81. The van der Waals surface area contributed by atoms with Crippen LogP contribution in [0.3, 0.4) is 0 Å². The van der Waals surface area contributed by atoms with Crippen LogP contribution in [0.25, 0.3) is 0 Å². The molecule has 0 saturated heterocycles. The van der Waals surface area contributed by atoms with Crippen LogP contribution in [0, 0.1) is 11.3 Å². The van der Waals surface area contributed by atoms with Crippen molar-refractivity contribution in [3.8, 4) is 0 Å². The molecule has 0 bridgehead atoms. The van der Waals surface area contributed by atoms with Gasteiger partial charge in [-0.1, -0.05) is 39.8 Å². The molecule has 1 aromatic carbocycles. The van der Waals surface area contributed by atoms with E-state index in [2.05, 4.69) is 5.32 Å². The summed E-state index contributed by atoms with van der Waals surface area (Å²) in [5, 5.41) is 2.86. The summed E-state index contributed by atoms with van der Waals surface area (Å²) in [6.07, 6.45) is 0. The summed E-state index contributed by atoms with van der Waals surface area (Å²) in [4.78, 5) is 12.2. The Morgan fingerprint density at radius 1 is 1.32 bits per heavy atom. The first-order valence-corrected chi connectivity index (χ1v) is 7.25. The van der Waals surface area contributed by atoms with Crippen LogP contribution in [0.4, 0.5) is 0 Å². The van der Waals surface area contributed by atoms with Gasteiger partial charge in [-0.25, -0.2) is 0 Å². The third-order valence-electron chi connectivity index (χ3n) is 3.27. The average molecular weight is 282 g/mol. The molecule has 0 aliphatic heterocycles. The predicted molar refractivity (Wildman–Crippen MR) is 74.1 cm³/mol. The van der Waals surface area contributed by atoms with E-state index < -0.39 is 11.1 Å². The first kappa shape index (κ1) is 15.9. The number of nitrogens with one attached hydrogen (secondary N) is 1. The number of hydrogen-bond acceptors (Lipinski definition) is 3. The van der Waals surface area contributed by atoms with Gasteiger partial charge in [-0.2, -0.15) is 0 Å². The summed E-state index contributed by atoms with van der Waals surface area (Å²) < 4.78 is 21.4. The van der Waals surface area contributed by atoms with Crippen molar-refractivity contribution in [2.45, 2.75) is 39.1 Å². The number of carbonyl (C=O) groups is 1. The van der Waals surface area contributed by atoms with Gasteiger partial charge >= 0.3 is 0 Å². The summed E-state index contributed by atoms with van der Waals surface area (Å²) >= 11 is -2.21. The predicted octanol–water partition coefficient (Wildman–Crippen LogP) is 2.22. The molecule has 1 aromatic rings. The van der Waals surface area contributed by atoms with Gasteiger partial charge in [-0.15, -0.1) is 0 Å². The maximum atomic E-state index is 11.9. The lowest BCUT2D eigenvalue weighted by atomic mass is 9.81. The minimum atomic E-state index is -2.21. The van der Waals surface area contributed by atoms with Crippen molar-refractivity contribution in [3.05, 3.63) is 29.8 Å². The van der Waals surface area contributed by atoms with Crippen LogP contribution >= 0.6 is 0 Å². The minimum absolute atomic E-state index is 0.00368. The topological polar surface area (TPSA) is 69.2 Å².